The van der Waals surface area contributed by atoms with E-state index in [9.17, 15) is 4.39 Å². The number of fused-ring (bicyclic) bond motifs is 1. The van der Waals surface area contributed by atoms with Crippen molar-refractivity contribution in [3.05, 3.63) is 77.0 Å². The van der Waals surface area contributed by atoms with Gasteiger partial charge in [-0.1, -0.05) is 24.3 Å². The first-order valence-corrected chi connectivity index (χ1v) is 9.93. The van der Waals surface area contributed by atoms with Gasteiger partial charge in [0.15, 0.2) is 0 Å². The fourth-order valence-corrected chi connectivity index (χ4v) is 4.23. The van der Waals surface area contributed by atoms with Crippen LogP contribution in [-0.2, 0) is 24.4 Å². The summed E-state index contributed by atoms with van der Waals surface area (Å²) in [6, 6.07) is 12.1. The maximum absolute atomic E-state index is 14.6. The third-order valence-corrected chi connectivity index (χ3v) is 5.59. The summed E-state index contributed by atoms with van der Waals surface area (Å²) >= 11 is 0. The predicted octanol–water partition coefficient (Wildman–Crippen LogP) is 3.88. The maximum atomic E-state index is 14.6. The fraction of sp³-hybridized carbons (Fsp3) is 0.304. The number of hydrogen-bond acceptors (Lipinski definition) is 4. The molecule has 0 N–H and O–H groups in total. The molecule has 0 atom stereocenters. The van der Waals surface area contributed by atoms with Gasteiger partial charge in [0.1, 0.15) is 0 Å². The summed E-state index contributed by atoms with van der Waals surface area (Å²) in [4.78, 5) is 6.05. The Bertz CT molecular complexity index is 1090. The molecular weight excluding hydrogens is 367 g/mol. The smallest absolute Gasteiger partial charge is 0.222 e. The van der Waals surface area contributed by atoms with Crippen molar-refractivity contribution >= 4 is 5.57 Å². The second kappa shape index (κ2) is 7.54. The van der Waals surface area contributed by atoms with E-state index < -0.39 is 5.95 Å². The van der Waals surface area contributed by atoms with Crippen LogP contribution in [0.15, 0.2) is 48.7 Å². The van der Waals surface area contributed by atoms with Gasteiger partial charge in [0, 0.05) is 24.8 Å². The van der Waals surface area contributed by atoms with Crippen LogP contribution in [0.2, 0.25) is 0 Å². The second-order valence-electron chi connectivity index (χ2n) is 7.70. The van der Waals surface area contributed by atoms with Crippen molar-refractivity contribution in [3.63, 3.8) is 0 Å². The van der Waals surface area contributed by atoms with Crippen LogP contribution in [0.4, 0.5) is 4.39 Å². The number of pyridine rings is 1. The molecule has 0 aliphatic carbocycles. The third-order valence-electron chi connectivity index (χ3n) is 5.59. The molecule has 6 heteroatoms. The summed E-state index contributed by atoms with van der Waals surface area (Å²) in [5.74, 6) is -0.452. The SMILES string of the molecule is CN1Cc2nn(Cc3cccc(C4=CCOCC4)c3)c(-c3cccnc3F)c2C1. The van der Waals surface area contributed by atoms with Gasteiger partial charge < -0.3 is 4.74 Å². The lowest BCUT2D eigenvalue weighted by atomic mass is 9.99. The lowest BCUT2D eigenvalue weighted by Crippen LogP contribution is -2.13. The van der Waals surface area contributed by atoms with Crippen molar-refractivity contribution in [2.24, 2.45) is 0 Å². The highest BCUT2D eigenvalue weighted by atomic mass is 19.1. The molecule has 5 nitrogen and oxygen atoms in total. The standard InChI is InChI=1S/C23H23FN4O/c1-27-14-20-21(15-27)26-28(22(20)19-6-3-9-25-23(19)24)13-16-4-2-5-18(12-16)17-7-10-29-11-8-17/h2-7,9,12H,8,10-11,13-15H2,1H3. The largest absolute Gasteiger partial charge is 0.377 e. The van der Waals surface area contributed by atoms with Crippen molar-refractivity contribution in [1.29, 1.82) is 0 Å². The lowest BCUT2D eigenvalue weighted by molar-refractivity contribution is 0.161. The van der Waals surface area contributed by atoms with E-state index >= 15 is 0 Å². The Morgan fingerprint density at radius 2 is 2.10 bits per heavy atom. The maximum Gasteiger partial charge on any atom is 0.222 e. The molecule has 29 heavy (non-hydrogen) atoms. The topological polar surface area (TPSA) is 43.2 Å². The number of nitrogens with zero attached hydrogens (tertiary/aromatic N) is 4. The van der Waals surface area contributed by atoms with E-state index in [1.165, 1.54) is 17.3 Å². The number of benzene rings is 1. The van der Waals surface area contributed by atoms with Gasteiger partial charge in [0.2, 0.25) is 5.95 Å². The molecule has 2 aromatic heterocycles. The van der Waals surface area contributed by atoms with Gasteiger partial charge in [-0.25, -0.2) is 4.98 Å². The minimum atomic E-state index is -0.452. The molecule has 5 rings (SSSR count). The molecule has 3 aromatic rings. The van der Waals surface area contributed by atoms with Crippen molar-refractivity contribution in [2.45, 2.75) is 26.1 Å². The van der Waals surface area contributed by atoms with Crippen LogP contribution < -0.4 is 0 Å². The van der Waals surface area contributed by atoms with Gasteiger partial charge in [-0.2, -0.15) is 9.49 Å². The Hall–Kier alpha value is -2.83. The van der Waals surface area contributed by atoms with Crippen LogP contribution in [0.3, 0.4) is 0 Å². The highest BCUT2D eigenvalue weighted by Crippen LogP contribution is 2.33. The zero-order chi connectivity index (χ0) is 19.8. The van der Waals surface area contributed by atoms with Gasteiger partial charge in [-0.05, 0) is 48.4 Å². The summed E-state index contributed by atoms with van der Waals surface area (Å²) < 4.78 is 21.9. The molecule has 0 unspecified atom stereocenters. The first kappa shape index (κ1) is 18.2. The monoisotopic (exact) mass is 390 g/mol. The van der Waals surface area contributed by atoms with Crippen LogP contribution in [-0.4, -0.2) is 39.9 Å². The molecule has 4 heterocycles. The number of aromatic nitrogens is 3. The Labute approximate surface area is 169 Å². The van der Waals surface area contributed by atoms with Crippen LogP contribution in [0.25, 0.3) is 16.8 Å². The van der Waals surface area contributed by atoms with E-state index in [2.05, 4.69) is 47.3 Å². The Balaban J connectivity index is 1.54. The Morgan fingerprint density at radius 3 is 2.93 bits per heavy atom. The first-order chi connectivity index (χ1) is 14.2. The van der Waals surface area contributed by atoms with E-state index in [0.717, 1.165) is 48.6 Å². The highest BCUT2D eigenvalue weighted by molar-refractivity contribution is 5.67. The van der Waals surface area contributed by atoms with Gasteiger partial charge >= 0.3 is 0 Å². The van der Waals surface area contributed by atoms with Gasteiger partial charge in [-0.15, -0.1) is 0 Å². The zero-order valence-corrected chi connectivity index (χ0v) is 16.4. The van der Waals surface area contributed by atoms with Crippen LogP contribution in [0.1, 0.15) is 28.8 Å². The van der Waals surface area contributed by atoms with Gasteiger partial charge in [-0.3, -0.25) is 9.58 Å². The normalized spacial score (nSPS) is 16.7. The average Bonchev–Trinajstić information content (AvgIpc) is 3.25. The van der Waals surface area contributed by atoms with Gasteiger partial charge in [0.25, 0.3) is 0 Å². The summed E-state index contributed by atoms with van der Waals surface area (Å²) in [6.45, 7) is 3.58. The second-order valence-corrected chi connectivity index (χ2v) is 7.70. The molecule has 0 bridgehead atoms. The highest BCUT2D eigenvalue weighted by Gasteiger charge is 2.27. The van der Waals surface area contributed by atoms with E-state index in [1.807, 2.05) is 4.68 Å². The number of halogens is 1. The van der Waals surface area contributed by atoms with Crippen molar-refractivity contribution < 1.29 is 9.13 Å². The molecule has 0 amide bonds. The first-order valence-electron chi connectivity index (χ1n) is 9.93. The molecule has 0 fully saturated rings. The zero-order valence-electron chi connectivity index (χ0n) is 16.4. The molecule has 0 saturated carbocycles. The lowest BCUT2D eigenvalue weighted by Gasteiger charge is -2.16. The van der Waals surface area contributed by atoms with Crippen molar-refractivity contribution in [1.82, 2.24) is 19.7 Å². The van der Waals surface area contributed by atoms with Gasteiger partial charge in [0.05, 0.1) is 36.7 Å². The van der Waals surface area contributed by atoms with Crippen LogP contribution in [0.5, 0.6) is 0 Å². The van der Waals surface area contributed by atoms with Crippen molar-refractivity contribution in [2.75, 3.05) is 20.3 Å². The van der Waals surface area contributed by atoms with E-state index in [1.54, 1.807) is 12.1 Å². The quantitative estimate of drug-likeness (QED) is 0.634. The number of rotatable bonds is 4. The van der Waals surface area contributed by atoms with Crippen LogP contribution >= 0.6 is 0 Å². The molecule has 0 saturated heterocycles. The Morgan fingerprint density at radius 1 is 1.17 bits per heavy atom. The van der Waals surface area contributed by atoms with E-state index in [0.29, 0.717) is 18.7 Å². The minimum absolute atomic E-state index is 0.452. The molecule has 2 aliphatic rings. The molecule has 148 valence electrons. The Kier molecular flexibility index (Phi) is 4.73. The third kappa shape index (κ3) is 3.50. The summed E-state index contributed by atoms with van der Waals surface area (Å²) in [7, 11) is 2.06. The minimum Gasteiger partial charge on any atom is -0.377 e. The molecule has 2 aliphatic heterocycles. The van der Waals surface area contributed by atoms with Crippen molar-refractivity contribution in [3.8, 4) is 11.3 Å². The van der Waals surface area contributed by atoms with Crippen LogP contribution in [0, 0.1) is 5.95 Å². The van der Waals surface area contributed by atoms with E-state index in [4.69, 9.17) is 9.84 Å². The number of ether oxygens (including phenoxy) is 1. The molecule has 1 aromatic carbocycles. The predicted molar refractivity (Wildman–Crippen MR) is 110 cm³/mol. The summed E-state index contributed by atoms with van der Waals surface area (Å²) in [5.41, 5.74) is 7.16. The summed E-state index contributed by atoms with van der Waals surface area (Å²) in [6.07, 6.45) is 4.56. The number of hydrogen-bond donors (Lipinski definition) is 0. The molecule has 0 radical (unpaired) electrons. The fourth-order valence-electron chi connectivity index (χ4n) is 4.23. The molecule has 0 spiro atoms. The van der Waals surface area contributed by atoms with E-state index in [-0.39, 0.29) is 0 Å². The summed E-state index contributed by atoms with van der Waals surface area (Å²) in [5, 5.41) is 4.84. The molecular formula is C23H23FN4O. The average molecular weight is 390 g/mol.